The number of rotatable bonds is 2. The van der Waals surface area contributed by atoms with Gasteiger partial charge in [-0.05, 0) is 36.8 Å². The molecule has 2 aromatic carbocycles. The van der Waals surface area contributed by atoms with Crippen molar-refractivity contribution in [3.8, 4) is 16.8 Å². The van der Waals surface area contributed by atoms with Crippen LogP contribution in [0.5, 0.6) is 0 Å². The summed E-state index contributed by atoms with van der Waals surface area (Å²) in [6, 6.07) is 19.0. The first-order valence-electron chi connectivity index (χ1n) is 7.57. The molecule has 2 heterocycles. The SMILES string of the molecule is Cc1nn2c(=O)ccn(-c3ccc(Cl)cc3)c2c1-c1ccccc1. The van der Waals surface area contributed by atoms with Gasteiger partial charge in [-0.2, -0.15) is 9.61 Å². The van der Waals surface area contributed by atoms with E-state index in [-0.39, 0.29) is 5.56 Å². The van der Waals surface area contributed by atoms with Gasteiger partial charge in [-0.1, -0.05) is 41.9 Å². The van der Waals surface area contributed by atoms with Crippen molar-refractivity contribution in [3.05, 3.63) is 87.9 Å². The van der Waals surface area contributed by atoms with E-state index in [0.29, 0.717) is 5.02 Å². The standard InChI is InChI=1S/C19H14ClN3O/c1-13-18(14-5-3-2-4-6-14)19-22(12-11-17(24)23(19)21-13)16-9-7-15(20)8-10-16/h2-12H,1H3. The van der Waals surface area contributed by atoms with Gasteiger partial charge < -0.3 is 4.57 Å². The topological polar surface area (TPSA) is 39.3 Å². The van der Waals surface area contributed by atoms with Gasteiger partial charge in [0.25, 0.3) is 5.56 Å². The van der Waals surface area contributed by atoms with E-state index < -0.39 is 0 Å². The van der Waals surface area contributed by atoms with Crippen LogP contribution in [0.4, 0.5) is 0 Å². The number of hydrogen-bond acceptors (Lipinski definition) is 2. The molecule has 0 saturated heterocycles. The van der Waals surface area contributed by atoms with E-state index in [4.69, 9.17) is 11.6 Å². The van der Waals surface area contributed by atoms with E-state index in [9.17, 15) is 4.79 Å². The summed E-state index contributed by atoms with van der Waals surface area (Å²) in [7, 11) is 0. The van der Waals surface area contributed by atoms with Gasteiger partial charge in [0.1, 0.15) is 0 Å². The summed E-state index contributed by atoms with van der Waals surface area (Å²) < 4.78 is 3.41. The molecule has 4 nitrogen and oxygen atoms in total. The van der Waals surface area contributed by atoms with Crippen LogP contribution in [0.3, 0.4) is 0 Å². The molecule has 0 atom stereocenters. The highest BCUT2D eigenvalue weighted by atomic mass is 35.5. The van der Waals surface area contributed by atoms with Crippen LogP contribution in [0.1, 0.15) is 5.69 Å². The number of halogens is 1. The summed E-state index contributed by atoms with van der Waals surface area (Å²) in [6.45, 7) is 1.92. The fraction of sp³-hybridized carbons (Fsp3) is 0.0526. The summed E-state index contributed by atoms with van der Waals surface area (Å²) in [5.74, 6) is 0. The maximum atomic E-state index is 12.3. The Morgan fingerprint density at radius 2 is 1.67 bits per heavy atom. The van der Waals surface area contributed by atoms with Gasteiger partial charge in [0, 0.05) is 28.5 Å². The average Bonchev–Trinajstić information content (AvgIpc) is 2.95. The first-order valence-corrected chi connectivity index (χ1v) is 7.95. The van der Waals surface area contributed by atoms with Crippen LogP contribution in [0.2, 0.25) is 5.02 Å². The number of aromatic nitrogens is 3. The van der Waals surface area contributed by atoms with Crippen LogP contribution < -0.4 is 5.56 Å². The van der Waals surface area contributed by atoms with E-state index in [1.54, 1.807) is 6.20 Å². The molecular formula is C19H14ClN3O. The van der Waals surface area contributed by atoms with Crippen LogP contribution in [-0.4, -0.2) is 14.2 Å². The molecular weight excluding hydrogens is 322 g/mol. The predicted octanol–water partition coefficient (Wildman–Crippen LogP) is 4.11. The quantitative estimate of drug-likeness (QED) is 0.553. The highest BCUT2D eigenvalue weighted by Gasteiger charge is 2.16. The average molecular weight is 336 g/mol. The van der Waals surface area contributed by atoms with Crippen molar-refractivity contribution in [2.24, 2.45) is 0 Å². The second-order valence-electron chi connectivity index (χ2n) is 5.56. The second-order valence-corrected chi connectivity index (χ2v) is 6.00. The Labute approximate surface area is 143 Å². The molecule has 4 aromatic rings. The van der Waals surface area contributed by atoms with Crippen molar-refractivity contribution in [1.82, 2.24) is 14.2 Å². The molecule has 0 radical (unpaired) electrons. The van der Waals surface area contributed by atoms with E-state index in [1.807, 2.05) is 66.1 Å². The van der Waals surface area contributed by atoms with Crippen molar-refractivity contribution in [1.29, 1.82) is 0 Å². The molecule has 0 unspecified atom stereocenters. The Hall–Kier alpha value is -2.85. The lowest BCUT2D eigenvalue weighted by Crippen LogP contribution is -2.16. The summed E-state index contributed by atoms with van der Waals surface area (Å²) >= 11 is 6.00. The zero-order valence-corrected chi connectivity index (χ0v) is 13.7. The molecule has 0 saturated carbocycles. The molecule has 4 rings (SSSR count). The van der Waals surface area contributed by atoms with Gasteiger partial charge in [0.05, 0.1) is 5.69 Å². The van der Waals surface area contributed by atoms with Crippen molar-refractivity contribution < 1.29 is 0 Å². The molecule has 0 bridgehead atoms. The smallest absolute Gasteiger partial charge is 0.274 e. The van der Waals surface area contributed by atoms with E-state index in [2.05, 4.69) is 5.10 Å². The van der Waals surface area contributed by atoms with Gasteiger partial charge in [-0.15, -0.1) is 0 Å². The number of aryl methyl sites for hydroxylation is 1. The van der Waals surface area contributed by atoms with Crippen LogP contribution in [0.15, 0.2) is 71.7 Å². The van der Waals surface area contributed by atoms with Crippen LogP contribution in [0, 0.1) is 6.92 Å². The molecule has 0 N–H and O–H groups in total. The second kappa shape index (κ2) is 5.65. The lowest BCUT2D eigenvalue weighted by molar-refractivity contribution is 0.854. The Bertz CT molecular complexity index is 1080. The molecule has 0 aliphatic carbocycles. The van der Waals surface area contributed by atoms with Crippen molar-refractivity contribution in [2.75, 3.05) is 0 Å². The fourth-order valence-corrected chi connectivity index (χ4v) is 3.05. The minimum Gasteiger partial charge on any atom is -0.301 e. The third-order valence-corrected chi connectivity index (χ3v) is 4.26. The highest BCUT2D eigenvalue weighted by Crippen LogP contribution is 2.28. The van der Waals surface area contributed by atoms with Gasteiger partial charge in [0.2, 0.25) is 0 Å². The number of fused-ring (bicyclic) bond motifs is 1. The highest BCUT2D eigenvalue weighted by molar-refractivity contribution is 6.30. The molecule has 5 heteroatoms. The largest absolute Gasteiger partial charge is 0.301 e. The summed E-state index contributed by atoms with van der Waals surface area (Å²) in [6.07, 6.45) is 1.77. The van der Waals surface area contributed by atoms with Crippen LogP contribution in [-0.2, 0) is 0 Å². The minimum absolute atomic E-state index is 0.152. The molecule has 2 aromatic heterocycles. The Kier molecular flexibility index (Phi) is 3.47. The lowest BCUT2D eigenvalue weighted by Gasteiger charge is -2.11. The molecule has 118 valence electrons. The first kappa shape index (κ1) is 14.7. The Morgan fingerprint density at radius 1 is 0.958 bits per heavy atom. The van der Waals surface area contributed by atoms with Gasteiger partial charge >= 0.3 is 0 Å². The third kappa shape index (κ3) is 2.32. The maximum Gasteiger partial charge on any atom is 0.274 e. The fourth-order valence-electron chi connectivity index (χ4n) is 2.92. The molecule has 24 heavy (non-hydrogen) atoms. The summed E-state index contributed by atoms with van der Waals surface area (Å²) in [5, 5.41) is 5.12. The Morgan fingerprint density at radius 3 is 2.38 bits per heavy atom. The lowest BCUT2D eigenvalue weighted by atomic mass is 10.1. The van der Waals surface area contributed by atoms with Crippen molar-refractivity contribution in [3.63, 3.8) is 0 Å². The molecule has 0 amide bonds. The predicted molar refractivity (Wildman–Crippen MR) is 96.0 cm³/mol. The van der Waals surface area contributed by atoms with Gasteiger partial charge in [-0.25, -0.2) is 0 Å². The van der Waals surface area contributed by atoms with Gasteiger partial charge in [0.15, 0.2) is 5.65 Å². The molecule has 0 aliphatic rings. The van der Waals surface area contributed by atoms with Crippen molar-refractivity contribution in [2.45, 2.75) is 6.92 Å². The van der Waals surface area contributed by atoms with Gasteiger partial charge in [-0.3, -0.25) is 4.79 Å². The van der Waals surface area contributed by atoms with Crippen LogP contribution >= 0.6 is 11.6 Å². The minimum atomic E-state index is -0.152. The molecule has 0 spiro atoms. The van der Waals surface area contributed by atoms with Crippen LogP contribution in [0.25, 0.3) is 22.5 Å². The Balaban J connectivity index is 2.10. The third-order valence-electron chi connectivity index (χ3n) is 4.01. The normalized spacial score (nSPS) is 11.1. The van der Waals surface area contributed by atoms with Crippen molar-refractivity contribution >= 4 is 17.2 Å². The first-order chi connectivity index (χ1) is 11.6. The number of hydrogen-bond donors (Lipinski definition) is 0. The summed E-state index contributed by atoms with van der Waals surface area (Å²) in [4.78, 5) is 12.3. The maximum absolute atomic E-state index is 12.3. The zero-order valence-electron chi connectivity index (χ0n) is 13.0. The molecule has 0 fully saturated rings. The van der Waals surface area contributed by atoms with E-state index in [0.717, 1.165) is 28.2 Å². The number of nitrogens with zero attached hydrogens (tertiary/aromatic N) is 3. The van der Waals surface area contributed by atoms with E-state index in [1.165, 1.54) is 10.6 Å². The monoisotopic (exact) mass is 335 g/mol. The molecule has 0 aliphatic heterocycles. The zero-order chi connectivity index (χ0) is 16.7. The summed E-state index contributed by atoms with van der Waals surface area (Å²) in [5.41, 5.74) is 4.30. The van der Waals surface area contributed by atoms with E-state index >= 15 is 0 Å². The number of benzene rings is 2.